The minimum absolute atomic E-state index is 0.0174. The third kappa shape index (κ3) is 5.68. The zero-order valence-corrected chi connectivity index (χ0v) is 19.3. The molecule has 0 saturated carbocycles. The summed E-state index contributed by atoms with van der Waals surface area (Å²) in [6.07, 6.45) is 0.846. The Morgan fingerprint density at radius 3 is 2.65 bits per heavy atom. The van der Waals surface area contributed by atoms with Crippen molar-refractivity contribution in [2.24, 2.45) is 5.92 Å². The molecule has 10 heteroatoms. The highest BCUT2D eigenvalue weighted by atomic mass is 19.1. The summed E-state index contributed by atoms with van der Waals surface area (Å²) in [6, 6.07) is 10.2. The SMILES string of the molecule is CC(C)CC(=O)N(C)c1ccc2c(c1)nc(NC(=O)Nc1ccc(C#N)cc1F)n2CCCO. The van der Waals surface area contributed by atoms with Crippen molar-refractivity contribution in [3.63, 3.8) is 0 Å². The van der Waals surface area contributed by atoms with Crippen LogP contribution in [0.4, 0.5) is 26.5 Å². The fraction of sp³-hybridized carbons (Fsp3) is 0.333. The lowest BCUT2D eigenvalue weighted by atomic mass is 10.1. The number of anilines is 3. The molecule has 0 spiro atoms. The van der Waals surface area contributed by atoms with Crippen LogP contribution in [0.15, 0.2) is 36.4 Å². The number of hydrogen-bond acceptors (Lipinski definition) is 5. The largest absolute Gasteiger partial charge is 0.396 e. The predicted octanol–water partition coefficient (Wildman–Crippen LogP) is 4.08. The number of aliphatic hydroxyl groups is 1. The molecule has 0 aliphatic heterocycles. The number of amides is 3. The number of fused-ring (bicyclic) bond motifs is 1. The summed E-state index contributed by atoms with van der Waals surface area (Å²) in [5, 5.41) is 23.2. The zero-order valence-electron chi connectivity index (χ0n) is 19.3. The fourth-order valence-corrected chi connectivity index (χ4v) is 3.45. The number of nitrogens with one attached hydrogen (secondary N) is 2. The summed E-state index contributed by atoms with van der Waals surface area (Å²) < 4.78 is 15.9. The lowest BCUT2D eigenvalue weighted by Crippen LogP contribution is -2.27. The van der Waals surface area contributed by atoms with Gasteiger partial charge < -0.3 is 19.9 Å². The van der Waals surface area contributed by atoms with E-state index >= 15 is 0 Å². The summed E-state index contributed by atoms with van der Waals surface area (Å²) in [7, 11) is 1.70. The number of carbonyl (C=O) groups is 2. The Morgan fingerprint density at radius 1 is 1.24 bits per heavy atom. The maximum Gasteiger partial charge on any atom is 0.326 e. The van der Waals surface area contributed by atoms with Gasteiger partial charge in [-0.05, 0) is 48.7 Å². The molecular weight excluding hydrogens is 439 g/mol. The first kappa shape index (κ1) is 24.7. The van der Waals surface area contributed by atoms with Crippen LogP contribution in [-0.4, -0.2) is 40.3 Å². The second-order valence-electron chi connectivity index (χ2n) is 8.27. The number of carbonyl (C=O) groups excluding carboxylic acids is 2. The summed E-state index contributed by atoms with van der Waals surface area (Å²) in [6.45, 7) is 4.29. The average molecular weight is 467 g/mol. The van der Waals surface area contributed by atoms with Gasteiger partial charge >= 0.3 is 6.03 Å². The first-order valence-electron chi connectivity index (χ1n) is 10.9. The Labute approximate surface area is 196 Å². The van der Waals surface area contributed by atoms with E-state index in [1.54, 1.807) is 34.7 Å². The highest BCUT2D eigenvalue weighted by Gasteiger charge is 2.18. The van der Waals surface area contributed by atoms with Crippen molar-refractivity contribution in [3.05, 3.63) is 47.8 Å². The van der Waals surface area contributed by atoms with Crippen molar-refractivity contribution >= 4 is 40.3 Å². The van der Waals surface area contributed by atoms with Crippen molar-refractivity contribution in [3.8, 4) is 6.07 Å². The molecule has 0 aliphatic rings. The van der Waals surface area contributed by atoms with E-state index < -0.39 is 11.8 Å². The molecule has 0 unspecified atom stereocenters. The standard InChI is InChI=1S/C24H27FN6O3/c1-15(2)11-22(33)30(3)17-6-8-21-20(13-17)27-23(31(21)9-4-10-32)29-24(34)28-19-7-5-16(14-26)12-18(19)25/h5-8,12-13,15,32H,4,9-11H2,1-3H3,(H2,27,28,29,34). The number of aryl methyl sites for hydroxylation is 1. The Kier molecular flexibility index (Phi) is 7.81. The van der Waals surface area contributed by atoms with Gasteiger partial charge in [-0.2, -0.15) is 5.26 Å². The molecule has 0 bridgehead atoms. The molecule has 3 aromatic rings. The average Bonchev–Trinajstić information content (AvgIpc) is 3.13. The van der Waals surface area contributed by atoms with Crippen molar-refractivity contribution < 1.29 is 19.1 Å². The molecule has 2 aromatic carbocycles. The number of rotatable bonds is 8. The summed E-state index contributed by atoms with van der Waals surface area (Å²) in [5.41, 5.74) is 1.99. The number of aliphatic hydroxyl groups excluding tert-OH is 1. The molecule has 0 radical (unpaired) electrons. The molecule has 3 N–H and O–H groups in total. The smallest absolute Gasteiger partial charge is 0.326 e. The van der Waals surface area contributed by atoms with Gasteiger partial charge in [-0.25, -0.2) is 14.2 Å². The first-order chi connectivity index (χ1) is 16.2. The van der Waals surface area contributed by atoms with Gasteiger partial charge in [0.1, 0.15) is 5.82 Å². The Hall–Kier alpha value is -3.97. The molecule has 9 nitrogen and oxygen atoms in total. The van der Waals surface area contributed by atoms with E-state index in [1.807, 2.05) is 19.9 Å². The van der Waals surface area contributed by atoms with E-state index in [-0.39, 0.29) is 35.6 Å². The van der Waals surface area contributed by atoms with Gasteiger partial charge in [0, 0.05) is 32.3 Å². The lowest BCUT2D eigenvalue weighted by Gasteiger charge is -2.18. The zero-order chi connectivity index (χ0) is 24.8. The van der Waals surface area contributed by atoms with Gasteiger partial charge in [0.2, 0.25) is 11.9 Å². The van der Waals surface area contributed by atoms with Crippen LogP contribution >= 0.6 is 0 Å². The first-order valence-corrected chi connectivity index (χ1v) is 10.9. The normalized spacial score (nSPS) is 10.9. The van der Waals surface area contributed by atoms with Crippen LogP contribution in [0.3, 0.4) is 0 Å². The van der Waals surface area contributed by atoms with Gasteiger partial charge in [0.25, 0.3) is 0 Å². The predicted molar refractivity (Wildman–Crippen MR) is 128 cm³/mol. The van der Waals surface area contributed by atoms with Crippen molar-refractivity contribution in [2.45, 2.75) is 33.2 Å². The van der Waals surface area contributed by atoms with Crippen LogP contribution in [0.1, 0.15) is 32.3 Å². The van der Waals surface area contributed by atoms with Crippen molar-refractivity contribution in [2.75, 3.05) is 29.2 Å². The van der Waals surface area contributed by atoms with E-state index in [0.29, 0.717) is 36.1 Å². The van der Waals surface area contributed by atoms with Crippen LogP contribution in [0, 0.1) is 23.1 Å². The van der Waals surface area contributed by atoms with E-state index in [0.717, 1.165) is 6.07 Å². The molecule has 3 rings (SSSR count). The van der Waals surface area contributed by atoms with E-state index in [9.17, 15) is 19.1 Å². The van der Waals surface area contributed by atoms with Crippen LogP contribution in [0.25, 0.3) is 11.0 Å². The van der Waals surface area contributed by atoms with Gasteiger partial charge in [-0.3, -0.25) is 10.1 Å². The van der Waals surface area contributed by atoms with Crippen LogP contribution in [0.5, 0.6) is 0 Å². The topological polar surface area (TPSA) is 123 Å². The number of imidazole rings is 1. The second-order valence-corrected chi connectivity index (χ2v) is 8.27. The maximum atomic E-state index is 14.1. The highest BCUT2D eigenvalue weighted by Crippen LogP contribution is 2.26. The number of urea groups is 1. The minimum Gasteiger partial charge on any atom is -0.396 e. The minimum atomic E-state index is -0.735. The van der Waals surface area contributed by atoms with Crippen molar-refractivity contribution in [1.82, 2.24) is 9.55 Å². The van der Waals surface area contributed by atoms with Crippen LogP contribution in [0.2, 0.25) is 0 Å². The van der Waals surface area contributed by atoms with Gasteiger partial charge in [0.15, 0.2) is 0 Å². The molecule has 0 atom stereocenters. The summed E-state index contributed by atoms with van der Waals surface area (Å²) in [5.74, 6) is -0.312. The second kappa shape index (κ2) is 10.8. The van der Waals surface area contributed by atoms with Crippen molar-refractivity contribution in [1.29, 1.82) is 5.26 Å². The van der Waals surface area contributed by atoms with Crippen LogP contribution < -0.4 is 15.5 Å². The molecule has 178 valence electrons. The van der Waals surface area contributed by atoms with E-state index in [4.69, 9.17) is 5.26 Å². The maximum absolute atomic E-state index is 14.1. The number of aromatic nitrogens is 2. The van der Waals surface area contributed by atoms with Crippen LogP contribution in [-0.2, 0) is 11.3 Å². The lowest BCUT2D eigenvalue weighted by molar-refractivity contribution is -0.119. The molecule has 34 heavy (non-hydrogen) atoms. The number of benzene rings is 2. The quantitative estimate of drug-likeness (QED) is 0.462. The Bertz CT molecular complexity index is 1250. The number of halogens is 1. The molecule has 0 aliphatic carbocycles. The molecular formula is C24H27FN6O3. The van der Waals surface area contributed by atoms with E-state index in [2.05, 4.69) is 15.6 Å². The summed E-state index contributed by atoms with van der Waals surface area (Å²) in [4.78, 5) is 31.1. The molecule has 0 saturated heterocycles. The summed E-state index contributed by atoms with van der Waals surface area (Å²) >= 11 is 0. The highest BCUT2D eigenvalue weighted by molar-refractivity contribution is 6.00. The third-order valence-electron chi connectivity index (χ3n) is 5.19. The molecule has 1 heterocycles. The van der Waals surface area contributed by atoms with Gasteiger partial charge in [-0.15, -0.1) is 0 Å². The fourth-order valence-electron chi connectivity index (χ4n) is 3.45. The Balaban J connectivity index is 1.87. The number of hydrogen-bond donors (Lipinski definition) is 3. The molecule has 1 aromatic heterocycles. The van der Waals surface area contributed by atoms with E-state index in [1.165, 1.54) is 12.1 Å². The third-order valence-corrected chi connectivity index (χ3v) is 5.19. The monoisotopic (exact) mass is 466 g/mol. The van der Waals surface area contributed by atoms with Gasteiger partial charge in [0.05, 0.1) is 28.4 Å². The Morgan fingerprint density at radius 2 is 2.00 bits per heavy atom. The molecule has 0 fully saturated rings. The molecule has 3 amide bonds. The number of nitriles is 1. The van der Waals surface area contributed by atoms with Gasteiger partial charge in [-0.1, -0.05) is 13.8 Å². The number of nitrogens with zero attached hydrogens (tertiary/aromatic N) is 4.